The standard InChI is InChI=1S/C16H21F3N2O3/c1-9-10(5-6-12(20-9)16(17,18)19)13(22)21-11(14(23)24)7-8-15(2,3)4/h5-6,11H,7-8H2,1-4H3,(H,21,22)(H,23,24). The Morgan fingerprint density at radius 1 is 1.25 bits per heavy atom. The van der Waals surface area contributed by atoms with Crippen LogP contribution in [0.5, 0.6) is 0 Å². The Labute approximate surface area is 138 Å². The maximum atomic E-state index is 12.6. The predicted molar refractivity (Wildman–Crippen MR) is 81.6 cm³/mol. The first kappa shape index (κ1) is 19.9. The van der Waals surface area contributed by atoms with E-state index in [-0.39, 0.29) is 23.1 Å². The van der Waals surface area contributed by atoms with Gasteiger partial charge < -0.3 is 10.4 Å². The molecule has 1 unspecified atom stereocenters. The molecule has 0 saturated heterocycles. The molecule has 1 rings (SSSR count). The molecule has 0 radical (unpaired) electrons. The summed E-state index contributed by atoms with van der Waals surface area (Å²) in [6.45, 7) is 7.10. The minimum Gasteiger partial charge on any atom is -0.480 e. The second-order valence-electron chi connectivity index (χ2n) is 6.79. The monoisotopic (exact) mass is 346 g/mol. The third-order valence-electron chi connectivity index (χ3n) is 3.41. The van der Waals surface area contributed by atoms with E-state index in [0.29, 0.717) is 12.5 Å². The van der Waals surface area contributed by atoms with E-state index in [1.807, 2.05) is 20.8 Å². The summed E-state index contributed by atoms with van der Waals surface area (Å²) in [5.41, 5.74) is -1.39. The van der Waals surface area contributed by atoms with Crippen molar-refractivity contribution in [2.24, 2.45) is 5.41 Å². The molecule has 1 aromatic heterocycles. The Kier molecular flexibility index (Phi) is 5.97. The third-order valence-corrected chi connectivity index (χ3v) is 3.41. The first-order valence-corrected chi connectivity index (χ1v) is 7.40. The molecular formula is C16H21F3N2O3. The average molecular weight is 346 g/mol. The smallest absolute Gasteiger partial charge is 0.433 e. The van der Waals surface area contributed by atoms with Gasteiger partial charge in [-0.1, -0.05) is 20.8 Å². The number of carbonyl (C=O) groups excluding carboxylic acids is 1. The van der Waals surface area contributed by atoms with Crippen LogP contribution >= 0.6 is 0 Å². The van der Waals surface area contributed by atoms with Gasteiger partial charge in [-0.25, -0.2) is 9.78 Å². The SMILES string of the molecule is Cc1nc(C(F)(F)F)ccc1C(=O)NC(CCC(C)(C)C)C(=O)O. The Hall–Kier alpha value is -2.12. The molecule has 1 heterocycles. The van der Waals surface area contributed by atoms with Crippen molar-refractivity contribution in [2.45, 2.75) is 52.8 Å². The number of hydrogen-bond acceptors (Lipinski definition) is 3. The number of carboxylic acid groups (broad SMARTS) is 1. The van der Waals surface area contributed by atoms with Crippen molar-refractivity contribution in [3.8, 4) is 0 Å². The van der Waals surface area contributed by atoms with Crippen LogP contribution in [0.1, 0.15) is 55.4 Å². The molecule has 24 heavy (non-hydrogen) atoms. The quantitative estimate of drug-likeness (QED) is 0.856. The van der Waals surface area contributed by atoms with Crippen LogP contribution in [0.15, 0.2) is 12.1 Å². The molecule has 0 fully saturated rings. The topological polar surface area (TPSA) is 79.3 Å². The van der Waals surface area contributed by atoms with Crippen LogP contribution in [-0.4, -0.2) is 28.0 Å². The zero-order chi connectivity index (χ0) is 18.7. The first-order valence-electron chi connectivity index (χ1n) is 7.40. The number of pyridine rings is 1. The average Bonchev–Trinajstić information content (AvgIpc) is 2.40. The minimum absolute atomic E-state index is 0.0787. The fourth-order valence-corrected chi connectivity index (χ4v) is 2.03. The van der Waals surface area contributed by atoms with Crippen molar-refractivity contribution in [2.75, 3.05) is 0 Å². The zero-order valence-electron chi connectivity index (χ0n) is 14.0. The van der Waals surface area contributed by atoms with Crippen molar-refractivity contribution >= 4 is 11.9 Å². The molecule has 0 aromatic carbocycles. The molecule has 1 aromatic rings. The molecule has 134 valence electrons. The predicted octanol–water partition coefficient (Wildman–Crippen LogP) is 3.42. The molecular weight excluding hydrogens is 325 g/mol. The molecule has 1 atom stereocenters. The van der Waals surface area contributed by atoms with E-state index in [0.717, 1.165) is 6.07 Å². The van der Waals surface area contributed by atoms with Crippen LogP contribution in [0.4, 0.5) is 13.2 Å². The number of amides is 1. The van der Waals surface area contributed by atoms with E-state index in [2.05, 4.69) is 10.3 Å². The zero-order valence-corrected chi connectivity index (χ0v) is 14.0. The van der Waals surface area contributed by atoms with Gasteiger partial charge in [0.1, 0.15) is 11.7 Å². The summed E-state index contributed by atoms with van der Waals surface area (Å²) in [6.07, 6.45) is -3.82. The number of hydrogen-bond donors (Lipinski definition) is 2. The number of aromatic nitrogens is 1. The maximum Gasteiger partial charge on any atom is 0.433 e. The highest BCUT2D eigenvalue weighted by Gasteiger charge is 2.33. The van der Waals surface area contributed by atoms with E-state index in [9.17, 15) is 27.9 Å². The second kappa shape index (κ2) is 7.19. The first-order chi connectivity index (χ1) is 10.8. The lowest BCUT2D eigenvalue weighted by Crippen LogP contribution is -2.41. The highest BCUT2D eigenvalue weighted by atomic mass is 19.4. The van der Waals surface area contributed by atoms with Gasteiger partial charge in [-0.2, -0.15) is 13.2 Å². The van der Waals surface area contributed by atoms with Crippen LogP contribution in [0.3, 0.4) is 0 Å². The normalized spacial score (nSPS) is 13.5. The Bertz CT molecular complexity index is 622. The van der Waals surface area contributed by atoms with Crippen LogP contribution in [0.2, 0.25) is 0 Å². The Balaban J connectivity index is 2.90. The number of rotatable bonds is 5. The summed E-state index contributed by atoms with van der Waals surface area (Å²) < 4.78 is 37.8. The van der Waals surface area contributed by atoms with Crippen molar-refractivity contribution < 1.29 is 27.9 Å². The number of aryl methyl sites for hydroxylation is 1. The summed E-state index contributed by atoms with van der Waals surface area (Å²) >= 11 is 0. The van der Waals surface area contributed by atoms with E-state index in [1.54, 1.807) is 0 Å². The number of carbonyl (C=O) groups is 2. The highest BCUT2D eigenvalue weighted by Crippen LogP contribution is 2.28. The molecule has 1 amide bonds. The van der Waals surface area contributed by atoms with E-state index < -0.39 is 29.8 Å². The summed E-state index contributed by atoms with van der Waals surface area (Å²) in [4.78, 5) is 26.8. The molecule has 5 nitrogen and oxygen atoms in total. The lowest BCUT2D eigenvalue weighted by molar-refractivity contribution is -0.141. The minimum atomic E-state index is -4.60. The molecule has 0 aliphatic heterocycles. The molecule has 0 aliphatic carbocycles. The number of carboxylic acids is 1. The fraction of sp³-hybridized carbons (Fsp3) is 0.562. The van der Waals surface area contributed by atoms with Crippen LogP contribution in [-0.2, 0) is 11.0 Å². The van der Waals surface area contributed by atoms with E-state index >= 15 is 0 Å². The van der Waals surface area contributed by atoms with Crippen molar-refractivity contribution in [1.82, 2.24) is 10.3 Å². The van der Waals surface area contributed by atoms with Gasteiger partial charge in [0.15, 0.2) is 0 Å². The van der Waals surface area contributed by atoms with Gasteiger partial charge in [0.05, 0.1) is 11.3 Å². The van der Waals surface area contributed by atoms with Gasteiger partial charge >= 0.3 is 12.1 Å². The molecule has 0 saturated carbocycles. The molecule has 0 spiro atoms. The van der Waals surface area contributed by atoms with E-state index in [1.165, 1.54) is 6.92 Å². The van der Waals surface area contributed by atoms with E-state index in [4.69, 9.17) is 0 Å². The van der Waals surface area contributed by atoms with Crippen molar-refractivity contribution in [3.63, 3.8) is 0 Å². The summed E-state index contributed by atoms with van der Waals surface area (Å²) in [6, 6.07) is 0.592. The summed E-state index contributed by atoms with van der Waals surface area (Å²) in [7, 11) is 0. The lowest BCUT2D eigenvalue weighted by atomic mass is 9.88. The number of alkyl halides is 3. The lowest BCUT2D eigenvalue weighted by Gasteiger charge is -2.22. The van der Waals surface area contributed by atoms with Crippen LogP contribution < -0.4 is 5.32 Å². The number of halogens is 3. The van der Waals surface area contributed by atoms with Gasteiger partial charge in [-0.3, -0.25) is 4.79 Å². The molecule has 2 N–H and O–H groups in total. The molecule has 0 aliphatic rings. The number of nitrogens with one attached hydrogen (secondary N) is 1. The van der Waals surface area contributed by atoms with Crippen LogP contribution in [0, 0.1) is 12.3 Å². The van der Waals surface area contributed by atoms with Crippen molar-refractivity contribution in [1.29, 1.82) is 0 Å². The Morgan fingerprint density at radius 2 is 1.83 bits per heavy atom. The van der Waals surface area contributed by atoms with Gasteiger partial charge in [-0.15, -0.1) is 0 Å². The Morgan fingerprint density at radius 3 is 2.25 bits per heavy atom. The van der Waals surface area contributed by atoms with Gasteiger partial charge in [0, 0.05) is 0 Å². The second-order valence-corrected chi connectivity index (χ2v) is 6.79. The fourth-order valence-electron chi connectivity index (χ4n) is 2.03. The van der Waals surface area contributed by atoms with Crippen molar-refractivity contribution in [3.05, 3.63) is 29.1 Å². The van der Waals surface area contributed by atoms with Crippen LogP contribution in [0.25, 0.3) is 0 Å². The molecule has 0 bridgehead atoms. The van der Waals surface area contributed by atoms with Gasteiger partial charge in [0.2, 0.25) is 0 Å². The highest BCUT2D eigenvalue weighted by molar-refractivity contribution is 5.97. The summed E-state index contributed by atoms with van der Waals surface area (Å²) in [5, 5.41) is 11.6. The number of aliphatic carboxylic acids is 1. The molecule has 8 heteroatoms. The largest absolute Gasteiger partial charge is 0.480 e. The number of nitrogens with zero attached hydrogens (tertiary/aromatic N) is 1. The van der Waals surface area contributed by atoms with Gasteiger partial charge in [0.25, 0.3) is 5.91 Å². The maximum absolute atomic E-state index is 12.6. The third kappa shape index (κ3) is 5.82. The van der Waals surface area contributed by atoms with Gasteiger partial charge in [-0.05, 0) is 37.3 Å². The summed E-state index contributed by atoms with van der Waals surface area (Å²) in [5.74, 6) is -1.94.